The van der Waals surface area contributed by atoms with E-state index < -0.39 is 0 Å². The molecule has 0 unspecified atom stereocenters. The summed E-state index contributed by atoms with van der Waals surface area (Å²) in [6.45, 7) is 1.98. The van der Waals surface area contributed by atoms with E-state index in [2.05, 4.69) is 6.07 Å². The van der Waals surface area contributed by atoms with Gasteiger partial charge in [0.15, 0.2) is 12.4 Å². The van der Waals surface area contributed by atoms with Crippen molar-refractivity contribution in [2.24, 2.45) is 0 Å². The molecule has 3 rings (SSSR count). The van der Waals surface area contributed by atoms with Gasteiger partial charge in [0.05, 0.1) is 5.02 Å². The van der Waals surface area contributed by atoms with Crippen LogP contribution in [0.15, 0.2) is 36.4 Å². The Balaban J connectivity index is 1.70. The van der Waals surface area contributed by atoms with Crippen LogP contribution in [-0.4, -0.2) is 12.4 Å². The number of Topliss-reactive ketones (excluding diaryl/α,β-unsaturated/α-hetero) is 1. The fourth-order valence-corrected chi connectivity index (χ4v) is 2.87. The molecule has 1 aliphatic carbocycles. The van der Waals surface area contributed by atoms with Crippen molar-refractivity contribution in [3.05, 3.63) is 63.7 Å². The molecular formula is C18H17ClO2. The zero-order valence-electron chi connectivity index (χ0n) is 12.0. The lowest BCUT2D eigenvalue weighted by Gasteiger charge is -2.09. The molecule has 0 saturated carbocycles. The molecule has 2 nitrogen and oxygen atoms in total. The average Bonchev–Trinajstić information content (AvgIpc) is 2.95. The second kappa shape index (κ2) is 5.90. The molecule has 108 valence electrons. The van der Waals surface area contributed by atoms with Gasteiger partial charge in [-0.3, -0.25) is 4.79 Å². The van der Waals surface area contributed by atoms with Gasteiger partial charge in [0.2, 0.25) is 0 Å². The molecule has 1 aliphatic rings. The first-order valence-corrected chi connectivity index (χ1v) is 7.55. The molecule has 2 aromatic rings. The van der Waals surface area contributed by atoms with Crippen LogP contribution in [0.4, 0.5) is 0 Å². The third kappa shape index (κ3) is 3.11. The van der Waals surface area contributed by atoms with Crippen LogP contribution < -0.4 is 4.74 Å². The normalized spacial score (nSPS) is 13.0. The Morgan fingerprint density at radius 3 is 2.81 bits per heavy atom. The van der Waals surface area contributed by atoms with Gasteiger partial charge in [-0.15, -0.1) is 0 Å². The summed E-state index contributed by atoms with van der Waals surface area (Å²) in [5.74, 6) is 0.549. The van der Waals surface area contributed by atoms with Crippen LogP contribution in [0.25, 0.3) is 0 Å². The molecule has 0 aromatic heterocycles. The molecule has 2 aromatic carbocycles. The van der Waals surface area contributed by atoms with Gasteiger partial charge in [-0.05, 0) is 61.1 Å². The first-order chi connectivity index (χ1) is 10.1. The Hall–Kier alpha value is -1.80. The first-order valence-electron chi connectivity index (χ1n) is 7.17. The van der Waals surface area contributed by atoms with Crippen molar-refractivity contribution < 1.29 is 9.53 Å². The first kappa shape index (κ1) is 14.2. The summed E-state index contributed by atoms with van der Waals surface area (Å²) in [6, 6.07) is 11.5. The number of carbonyl (C=O) groups excluding carboxylic acids is 1. The highest BCUT2D eigenvalue weighted by molar-refractivity contribution is 6.32. The summed E-state index contributed by atoms with van der Waals surface area (Å²) < 4.78 is 5.57. The van der Waals surface area contributed by atoms with Crippen LogP contribution in [0.1, 0.15) is 33.5 Å². The molecule has 0 amide bonds. The maximum Gasteiger partial charge on any atom is 0.200 e. The monoisotopic (exact) mass is 300 g/mol. The number of ketones is 1. The highest BCUT2D eigenvalue weighted by Crippen LogP contribution is 2.26. The minimum atomic E-state index is -0.0118. The predicted octanol–water partition coefficient (Wildman–Crippen LogP) is 4.40. The van der Waals surface area contributed by atoms with Gasteiger partial charge in [-0.1, -0.05) is 29.8 Å². The van der Waals surface area contributed by atoms with E-state index in [-0.39, 0.29) is 12.4 Å². The average molecular weight is 301 g/mol. The zero-order chi connectivity index (χ0) is 14.8. The summed E-state index contributed by atoms with van der Waals surface area (Å²) >= 11 is 6.07. The van der Waals surface area contributed by atoms with E-state index in [0.29, 0.717) is 10.8 Å². The lowest BCUT2D eigenvalue weighted by atomic mass is 10.0. The number of hydrogen-bond acceptors (Lipinski definition) is 2. The minimum absolute atomic E-state index is 0.0118. The maximum atomic E-state index is 12.2. The second-order valence-corrected chi connectivity index (χ2v) is 5.89. The van der Waals surface area contributed by atoms with Crippen LogP contribution in [0.2, 0.25) is 5.02 Å². The third-order valence-electron chi connectivity index (χ3n) is 3.87. The maximum absolute atomic E-state index is 12.2. The van der Waals surface area contributed by atoms with Crippen molar-refractivity contribution in [3.63, 3.8) is 0 Å². The summed E-state index contributed by atoms with van der Waals surface area (Å²) in [4.78, 5) is 12.2. The van der Waals surface area contributed by atoms with Crippen LogP contribution in [-0.2, 0) is 12.8 Å². The fourth-order valence-electron chi connectivity index (χ4n) is 2.69. The molecule has 0 N–H and O–H groups in total. The van der Waals surface area contributed by atoms with Crippen molar-refractivity contribution >= 4 is 17.4 Å². The quantitative estimate of drug-likeness (QED) is 0.782. The Morgan fingerprint density at radius 1 is 1.14 bits per heavy atom. The van der Waals surface area contributed by atoms with Gasteiger partial charge in [0, 0.05) is 5.56 Å². The predicted molar refractivity (Wildman–Crippen MR) is 84.5 cm³/mol. The van der Waals surface area contributed by atoms with Gasteiger partial charge in [0.25, 0.3) is 0 Å². The van der Waals surface area contributed by atoms with E-state index in [1.165, 1.54) is 17.5 Å². The van der Waals surface area contributed by atoms with E-state index in [4.69, 9.17) is 16.3 Å². The van der Waals surface area contributed by atoms with E-state index in [1.54, 1.807) is 6.07 Å². The summed E-state index contributed by atoms with van der Waals surface area (Å²) in [5, 5.41) is 0.530. The van der Waals surface area contributed by atoms with E-state index in [0.717, 1.165) is 24.0 Å². The molecular weight excluding hydrogens is 284 g/mol. The van der Waals surface area contributed by atoms with Crippen molar-refractivity contribution in [3.8, 4) is 5.75 Å². The number of carbonyl (C=O) groups is 1. The molecule has 0 heterocycles. The molecule has 0 bridgehead atoms. The SMILES string of the molecule is Cc1ccc(Cl)c(OCC(=O)c2ccc3c(c2)CCC3)c1. The summed E-state index contributed by atoms with van der Waals surface area (Å²) in [6.07, 6.45) is 3.38. The van der Waals surface area contributed by atoms with E-state index in [9.17, 15) is 4.79 Å². The van der Waals surface area contributed by atoms with E-state index in [1.807, 2.05) is 31.2 Å². The van der Waals surface area contributed by atoms with Gasteiger partial charge in [-0.2, -0.15) is 0 Å². The van der Waals surface area contributed by atoms with Crippen molar-refractivity contribution in [2.75, 3.05) is 6.61 Å². The molecule has 3 heteroatoms. The Labute approximate surface area is 129 Å². The standard InChI is InChI=1S/C18H17ClO2/c1-12-5-8-16(19)18(9-12)21-11-17(20)15-7-6-13-3-2-4-14(13)10-15/h5-10H,2-4,11H2,1H3. The number of hydrogen-bond donors (Lipinski definition) is 0. The molecule has 0 aliphatic heterocycles. The Morgan fingerprint density at radius 2 is 1.95 bits per heavy atom. The van der Waals surface area contributed by atoms with Crippen molar-refractivity contribution in [2.45, 2.75) is 26.2 Å². The molecule has 0 saturated heterocycles. The lowest BCUT2D eigenvalue weighted by molar-refractivity contribution is 0.0921. The van der Waals surface area contributed by atoms with E-state index >= 15 is 0 Å². The Bertz CT molecular complexity index is 692. The van der Waals surface area contributed by atoms with Crippen LogP contribution >= 0.6 is 11.6 Å². The third-order valence-corrected chi connectivity index (χ3v) is 4.18. The largest absolute Gasteiger partial charge is 0.484 e. The zero-order valence-corrected chi connectivity index (χ0v) is 12.7. The minimum Gasteiger partial charge on any atom is -0.484 e. The number of aryl methyl sites for hydroxylation is 3. The molecule has 0 spiro atoms. The van der Waals surface area contributed by atoms with Gasteiger partial charge in [-0.25, -0.2) is 0 Å². The van der Waals surface area contributed by atoms with Crippen LogP contribution in [0.5, 0.6) is 5.75 Å². The molecule has 0 fully saturated rings. The highest BCUT2D eigenvalue weighted by Gasteiger charge is 2.14. The van der Waals surface area contributed by atoms with Crippen molar-refractivity contribution in [1.82, 2.24) is 0 Å². The number of halogens is 1. The second-order valence-electron chi connectivity index (χ2n) is 5.48. The van der Waals surface area contributed by atoms with Gasteiger partial charge < -0.3 is 4.74 Å². The summed E-state index contributed by atoms with van der Waals surface area (Å²) in [7, 11) is 0. The Kier molecular flexibility index (Phi) is 3.98. The molecule has 21 heavy (non-hydrogen) atoms. The number of fused-ring (bicyclic) bond motifs is 1. The van der Waals surface area contributed by atoms with Gasteiger partial charge in [0.1, 0.15) is 5.75 Å². The topological polar surface area (TPSA) is 26.3 Å². The molecule has 0 radical (unpaired) electrons. The molecule has 0 atom stereocenters. The number of ether oxygens (including phenoxy) is 1. The lowest BCUT2D eigenvalue weighted by Crippen LogP contribution is -2.12. The highest BCUT2D eigenvalue weighted by atomic mass is 35.5. The number of rotatable bonds is 4. The van der Waals surface area contributed by atoms with Gasteiger partial charge >= 0.3 is 0 Å². The van der Waals surface area contributed by atoms with Crippen LogP contribution in [0, 0.1) is 6.92 Å². The summed E-state index contributed by atoms with van der Waals surface area (Å²) in [5.41, 5.74) is 4.45. The number of benzene rings is 2. The van der Waals surface area contributed by atoms with Crippen molar-refractivity contribution in [1.29, 1.82) is 0 Å². The smallest absolute Gasteiger partial charge is 0.200 e. The van der Waals surface area contributed by atoms with Crippen LogP contribution in [0.3, 0.4) is 0 Å². The fraction of sp³-hybridized carbons (Fsp3) is 0.278.